The van der Waals surface area contributed by atoms with Crippen LogP contribution >= 0.6 is 0 Å². The fourth-order valence-electron chi connectivity index (χ4n) is 1.88. The van der Waals surface area contributed by atoms with E-state index in [0.29, 0.717) is 25.2 Å². The molecule has 0 bridgehead atoms. The molecule has 1 aromatic rings. The number of hydrogen-bond acceptors (Lipinski definition) is 3. The van der Waals surface area contributed by atoms with Crippen molar-refractivity contribution in [2.24, 2.45) is 0 Å². The zero-order valence-electron chi connectivity index (χ0n) is 10.3. The molecule has 1 aliphatic heterocycles. The number of benzene rings is 1. The minimum Gasteiger partial charge on any atom is -0.390 e. The van der Waals surface area contributed by atoms with Crippen LogP contribution in [0, 0.1) is 12.7 Å². The molecule has 2 N–H and O–H groups in total. The maximum absolute atomic E-state index is 13.3. The van der Waals surface area contributed by atoms with Crippen molar-refractivity contribution in [1.82, 2.24) is 10.2 Å². The lowest BCUT2D eigenvalue weighted by atomic mass is 10.1. The number of halogens is 1. The lowest BCUT2D eigenvalue weighted by molar-refractivity contribution is -0.125. The number of rotatable bonds is 4. The highest BCUT2D eigenvalue weighted by Crippen LogP contribution is 2.09. The summed E-state index contributed by atoms with van der Waals surface area (Å²) >= 11 is 0. The molecule has 0 saturated carbocycles. The highest BCUT2D eigenvalue weighted by molar-refractivity contribution is 5.78. The number of aliphatic hydroxyl groups excluding tert-OH is 1. The van der Waals surface area contributed by atoms with Crippen molar-refractivity contribution in [1.29, 1.82) is 0 Å². The average molecular weight is 252 g/mol. The summed E-state index contributed by atoms with van der Waals surface area (Å²) < 4.78 is 13.3. The Morgan fingerprint density at radius 2 is 2.28 bits per heavy atom. The van der Waals surface area contributed by atoms with Gasteiger partial charge in [-0.2, -0.15) is 0 Å². The molecule has 0 aromatic heterocycles. The van der Waals surface area contributed by atoms with Gasteiger partial charge >= 0.3 is 0 Å². The van der Waals surface area contributed by atoms with Crippen molar-refractivity contribution in [3.05, 3.63) is 35.1 Å². The van der Waals surface area contributed by atoms with E-state index in [1.807, 2.05) is 4.90 Å². The second-order valence-electron chi connectivity index (χ2n) is 4.71. The molecule has 18 heavy (non-hydrogen) atoms. The van der Waals surface area contributed by atoms with Gasteiger partial charge in [-0.1, -0.05) is 12.1 Å². The van der Waals surface area contributed by atoms with Crippen LogP contribution in [-0.2, 0) is 11.3 Å². The molecule has 4 nitrogen and oxygen atoms in total. The summed E-state index contributed by atoms with van der Waals surface area (Å²) in [5.74, 6) is -0.365. The quantitative estimate of drug-likeness (QED) is 0.817. The summed E-state index contributed by atoms with van der Waals surface area (Å²) in [7, 11) is 0. The van der Waals surface area contributed by atoms with Gasteiger partial charge in [0.2, 0.25) is 5.91 Å². The third-order valence-electron chi connectivity index (χ3n) is 3.03. The lowest BCUT2D eigenvalue weighted by Crippen LogP contribution is -2.53. The summed E-state index contributed by atoms with van der Waals surface area (Å²) in [4.78, 5) is 13.4. The van der Waals surface area contributed by atoms with Crippen LogP contribution in [0.25, 0.3) is 0 Å². The van der Waals surface area contributed by atoms with Crippen LogP contribution in [0.1, 0.15) is 11.1 Å². The molecule has 1 fully saturated rings. The molecule has 0 atom stereocenters. The number of amides is 1. The molecule has 1 saturated heterocycles. The fraction of sp³-hybridized carbons (Fsp3) is 0.462. The summed E-state index contributed by atoms with van der Waals surface area (Å²) in [5, 5.41) is 11.8. The largest absolute Gasteiger partial charge is 0.390 e. The number of carbonyl (C=O) groups is 1. The van der Waals surface area contributed by atoms with Crippen LogP contribution in [-0.4, -0.2) is 41.7 Å². The van der Waals surface area contributed by atoms with Gasteiger partial charge in [0.1, 0.15) is 5.82 Å². The van der Waals surface area contributed by atoms with E-state index in [4.69, 9.17) is 5.11 Å². The normalized spacial score (nSPS) is 16.4. The van der Waals surface area contributed by atoms with Gasteiger partial charge in [-0.05, 0) is 24.1 Å². The highest BCUT2D eigenvalue weighted by Gasteiger charge is 2.25. The van der Waals surface area contributed by atoms with Gasteiger partial charge in [-0.25, -0.2) is 4.39 Å². The Bertz CT molecular complexity index is 445. The van der Waals surface area contributed by atoms with Crippen molar-refractivity contribution in [3.63, 3.8) is 0 Å². The molecule has 0 radical (unpaired) electrons. The predicted octanol–water partition coefficient (Wildman–Crippen LogP) is 0.427. The maximum Gasteiger partial charge on any atom is 0.234 e. The van der Waals surface area contributed by atoms with Crippen molar-refractivity contribution in [2.45, 2.75) is 19.6 Å². The molecule has 5 heteroatoms. The van der Waals surface area contributed by atoms with E-state index in [1.165, 1.54) is 6.07 Å². The summed E-state index contributed by atoms with van der Waals surface area (Å²) in [5.41, 5.74) is 1.34. The first-order chi connectivity index (χ1) is 8.54. The van der Waals surface area contributed by atoms with Crippen molar-refractivity contribution < 1.29 is 14.3 Å². The first kappa shape index (κ1) is 13.0. The van der Waals surface area contributed by atoms with E-state index in [1.54, 1.807) is 19.1 Å². The number of nitrogens with one attached hydrogen (secondary N) is 1. The average Bonchev–Trinajstić information content (AvgIpc) is 2.29. The van der Waals surface area contributed by atoms with E-state index in [9.17, 15) is 9.18 Å². The van der Waals surface area contributed by atoms with Crippen LogP contribution < -0.4 is 5.32 Å². The van der Waals surface area contributed by atoms with Crippen LogP contribution in [0.5, 0.6) is 0 Å². The number of likely N-dealkylation sites (tertiary alicyclic amines) is 1. The second-order valence-corrected chi connectivity index (χ2v) is 4.71. The molecule has 1 heterocycles. The topological polar surface area (TPSA) is 52.6 Å². The molecular formula is C13H17FN2O2. The first-order valence-corrected chi connectivity index (χ1v) is 5.97. The highest BCUT2D eigenvalue weighted by atomic mass is 19.1. The Hall–Kier alpha value is -1.46. The second kappa shape index (κ2) is 5.46. The van der Waals surface area contributed by atoms with Crippen LogP contribution in [0.3, 0.4) is 0 Å². The SMILES string of the molecule is Cc1ccc(CNC(=O)CN2CC(O)C2)cc1F. The lowest BCUT2D eigenvalue weighted by Gasteiger charge is -2.35. The summed E-state index contributed by atoms with van der Waals surface area (Å²) in [6.07, 6.45) is -0.302. The van der Waals surface area contributed by atoms with E-state index in [-0.39, 0.29) is 24.4 Å². The smallest absolute Gasteiger partial charge is 0.234 e. The number of aliphatic hydroxyl groups is 1. The Morgan fingerprint density at radius 3 is 2.89 bits per heavy atom. The third-order valence-corrected chi connectivity index (χ3v) is 3.03. The maximum atomic E-state index is 13.3. The molecule has 1 amide bonds. The van der Waals surface area contributed by atoms with E-state index in [0.717, 1.165) is 5.56 Å². The van der Waals surface area contributed by atoms with Gasteiger partial charge in [0.15, 0.2) is 0 Å². The summed E-state index contributed by atoms with van der Waals surface area (Å²) in [6.45, 7) is 3.41. The van der Waals surface area contributed by atoms with Crippen LogP contribution in [0.2, 0.25) is 0 Å². The molecule has 2 rings (SSSR count). The number of β-amino-alcohol motifs (C(OH)–C–C–N with tert-alkyl or cyclic N) is 1. The van der Waals surface area contributed by atoms with E-state index >= 15 is 0 Å². The zero-order valence-corrected chi connectivity index (χ0v) is 10.3. The van der Waals surface area contributed by atoms with Gasteiger partial charge < -0.3 is 10.4 Å². The predicted molar refractivity (Wildman–Crippen MR) is 65.4 cm³/mol. The Kier molecular flexibility index (Phi) is 3.93. The van der Waals surface area contributed by atoms with Gasteiger partial charge in [0.05, 0.1) is 12.6 Å². The molecule has 0 unspecified atom stereocenters. The molecule has 0 spiro atoms. The number of hydrogen-bond donors (Lipinski definition) is 2. The van der Waals surface area contributed by atoms with Gasteiger partial charge in [-0.3, -0.25) is 9.69 Å². The molecule has 1 aromatic carbocycles. The number of nitrogens with zero attached hydrogens (tertiary/aromatic N) is 1. The Morgan fingerprint density at radius 1 is 1.56 bits per heavy atom. The van der Waals surface area contributed by atoms with Crippen LogP contribution in [0.15, 0.2) is 18.2 Å². The summed E-state index contributed by atoms with van der Waals surface area (Å²) in [6, 6.07) is 4.93. The minimum atomic E-state index is -0.302. The van der Waals surface area contributed by atoms with Crippen molar-refractivity contribution >= 4 is 5.91 Å². The first-order valence-electron chi connectivity index (χ1n) is 5.97. The van der Waals surface area contributed by atoms with Gasteiger partial charge in [0.25, 0.3) is 0 Å². The molecular weight excluding hydrogens is 235 g/mol. The van der Waals surface area contributed by atoms with Crippen LogP contribution in [0.4, 0.5) is 4.39 Å². The monoisotopic (exact) mass is 252 g/mol. The molecule has 1 aliphatic rings. The number of carbonyl (C=O) groups excluding carboxylic acids is 1. The third kappa shape index (κ3) is 3.27. The van der Waals surface area contributed by atoms with E-state index in [2.05, 4.69) is 5.32 Å². The fourth-order valence-corrected chi connectivity index (χ4v) is 1.88. The Labute approximate surface area is 105 Å². The molecule has 0 aliphatic carbocycles. The van der Waals surface area contributed by atoms with Crippen molar-refractivity contribution in [3.8, 4) is 0 Å². The minimum absolute atomic E-state index is 0.108. The van der Waals surface area contributed by atoms with Crippen molar-refractivity contribution in [2.75, 3.05) is 19.6 Å². The Balaban J connectivity index is 1.76. The molecule has 98 valence electrons. The van der Waals surface area contributed by atoms with E-state index < -0.39 is 0 Å². The van der Waals surface area contributed by atoms with Gasteiger partial charge in [-0.15, -0.1) is 0 Å². The zero-order chi connectivity index (χ0) is 13.1. The number of aryl methyl sites for hydroxylation is 1. The standard InChI is InChI=1S/C13H17FN2O2/c1-9-2-3-10(4-12(9)14)5-15-13(18)8-16-6-11(17)7-16/h2-4,11,17H,5-8H2,1H3,(H,15,18). The van der Waals surface area contributed by atoms with Gasteiger partial charge in [0, 0.05) is 19.6 Å².